The van der Waals surface area contributed by atoms with Crippen LogP contribution in [0.25, 0.3) is 21.6 Å². The third-order valence-electron chi connectivity index (χ3n) is 7.20. The Morgan fingerprint density at radius 3 is 2.81 bits per heavy atom. The van der Waals surface area contributed by atoms with Crippen LogP contribution in [0.15, 0.2) is 61.3 Å². The van der Waals surface area contributed by atoms with Gasteiger partial charge in [0, 0.05) is 25.3 Å². The third kappa shape index (κ3) is 3.83. The molecule has 1 saturated heterocycles. The normalized spacial score (nSPS) is 21.0. The second kappa shape index (κ2) is 8.56. The summed E-state index contributed by atoms with van der Waals surface area (Å²) in [4.78, 5) is 41.5. The number of likely N-dealkylation sites (tertiary alicyclic amines) is 1. The van der Waals surface area contributed by atoms with Gasteiger partial charge in [-0.3, -0.25) is 14.9 Å². The largest absolute Gasteiger partial charge is 0.368 e. The van der Waals surface area contributed by atoms with Crippen molar-refractivity contribution in [2.45, 2.75) is 25.3 Å². The molecule has 1 saturated carbocycles. The van der Waals surface area contributed by atoms with Crippen LogP contribution in [0, 0.1) is 5.41 Å². The number of fused-ring (bicyclic) bond motifs is 1. The number of thiophene rings is 1. The summed E-state index contributed by atoms with van der Waals surface area (Å²) in [6.45, 7) is 5.14. The van der Waals surface area contributed by atoms with E-state index in [1.807, 2.05) is 35.2 Å². The minimum Gasteiger partial charge on any atom is -0.368 e. The molecule has 2 fully saturated rings. The molecule has 4 aromatic rings. The van der Waals surface area contributed by atoms with E-state index >= 15 is 0 Å². The number of nitrogens with zero attached hydrogens (tertiary/aromatic N) is 5. The zero-order chi connectivity index (χ0) is 24.9. The Balaban J connectivity index is 1.24. The van der Waals surface area contributed by atoms with E-state index in [0.29, 0.717) is 16.5 Å². The second-order valence-electron chi connectivity index (χ2n) is 9.49. The number of benzene rings is 1. The van der Waals surface area contributed by atoms with Crippen LogP contribution in [0.3, 0.4) is 0 Å². The number of amides is 2. The van der Waals surface area contributed by atoms with Crippen LogP contribution in [0.4, 0.5) is 11.9 Å². The van der Waals surface area contributed by atoms with Crippen LogP contribution in [-0.4, -0.2) is 49.3 Å². The molecule has 6 rings (SSSR count). The minimum atomic E-state index is -0.220. The highest BCUT2D eigenvalue weighted by Crippen LogP contribution is 2.55. The molecule has 1 aliphatic heterocycles. The summed E-state index contributed by atoms with van der Waals surface area (Å²) in [6, 6.07) is 13.5. The average Bonchev–Trinajstić information content (AvgIpc) is 3.59. The van der Waals surface area contributed by atoms with Crippen molar-refractivity contribution < 1.29 is 9.59 Å². The maximum atomic E-state index is 13.2. The number of aromatic nitrogens is 4. The van der Waals surface area contributed by atoms with E-state index in [-0.39, 0.29) is 29.2 Å². The molecule has 9 nitrogen and oxygen atoms in total. The van der Waals surface area contributed by atoms with Crippen molar-refractivity contribution in [3.8, 4) is 10.6 Å². The highest BCUT2D eigenvalue weighted by molar-refractivity contribution is 7.17. The maximum absolute atomic E-state index is 13.2. The van der Waals surface area contributed by atoms with Crippen LogP contribution >= 0.6 is 11.3 Å². The number of nitrogens with two attached hydrogens (primary N) is 1. The van der Waals surface area contributed by atoms with Gasteiger partial charge >= 0.3 is 0 Å². The maximum Gasteiger partial charge on any atom is 0.268 e. The van der Waals surface area contributed by atoms with Gasteiger partial charge in [0.25, 0.3) is 5.91 Å². The molecule has 1 aromatic carbocycles. The van der Waals surface area contributed by atoms with Gasteiger partial charge in [-0.05, 0) is 61.1 Å². The van der Waals surface area contributed by atoms with Gasteiger partial charge in [-0.25, -0.2) is 15.0 Å². The summed E-state index contributed by atoms with van der Waals surface area (Å²) < 4.78 is 2.15. The van der Waals surface area contributed by atoms with Crippen molar-refractivity contribution in [3.63, 3.8) is 0 Å². The Morgan fingerprint density at radius 1 is 1.17 bits per heavy atom. The molecule has 1 spiro atoms. The molecule has 0 unspecified atom stereocenters. The predicted octanol–water partition coefficient (Wildman–Crippen LogP) is 4.13. The highest BCUT2D eigenvalue weighted by Gasteiger charge is 2.50. The van der Waals surface area contributed by atoms with Crippen molar-refractivity contribution in [2.75, 3.05) is 24.1 Å². The van der Waals surface area contributed by atoms with Gasteiger partial charge in [0.15, 0.2) is 0 Å². The Kier molecular flexibility index (Phi) is 5.33. The fourth-order valence-corrected chi connectivity index (χ4v) is 6.35. The van der Waals surface area contributed by atoms with Crippen molar-refractivity contribution in [3.05, 3.63) is 66.2 Å². The van der Waals surface area contributed by atoms with Crippen molar-refractivity contribution >= 4 is 46.1 Å². The molecule has 0 radical (unpaired) electrons. The van der Waals surface area contributed by atoms with Gasteiger partial charge < -0.3 is 15.2 Å². The smallest absolute Gasteiger partial charge is 0.268 e. The topological polar surface area (TPSA) is 119 Å². The first-order valence-electron chi connectivity index (χ1n) is 11.8. The van der Waals surface area contributed by atoms with E-state index in [9.17, 15) is 9.59 Å². The van der Waals surface area contributed by atoms with Gasteiger partial charge in [-0.15, -0.1) is 11.3 Å². The van der Waals surface area contributed by atoms with Crippen LogP contribution in [0.1, 0.15) is 35.0 Å². The predicted molar refractivity (Wildman–Crippen MR) is 140 cm³/mol. The number of hydrogen-bond donors (Lipinski definition) is 2. The number of anilines is 2. The lowest BCUT2D eigenvalue weighted by molar-refractivity contribution is -0.125. The number of hydrogen-bond acceptors (Lipinski definition) is 7. The second-order valence-corrected chi connectivity index (χ2v) is 10.6. The van der Waals surface area contributed by atoms with Crippen LogP contribution in [0.5, 0.6) is 0 Å². The van der Waals surface area contributed by atoms with Crippen molar-refractivity contribution in [1.29, 1.82) is 0 Å². The molecular formula is C26H25N7O2S. The lowest BCUT2D eigenvalue weighted by atomic mass is 9.65. The van der Waals surface area contributed by atoms with Gasteiger partial charge in [-0.1, -0.05) is 18.7 Å². The molecule has 4 heterocycles. The number of rotatable bonds is 5. The lowest BCUT2D eigenvalue weighted by Gasteiger charge is -2.46. The Bertz CT molecular complexity index is 1500. The van der Waals surface area contributed by atoms with Crippen LogP contribution < -0.4 is 11.1 Å². The summed E-state index contributed by atoms with van der Waals surface area (Å²) >= 11 is 1.34. The van der Waals surface area contributed by atoms with Gasteiger partial charge in [0.05, 0.1) is 26.5 Å². The van der Waals surface area contributed by atoms with E-state index in [1.165, 1.54) is 17.4 Å². The first-order chi connectivity index (χ1) is 17.4. The number of para-hydroxylation sites is 2. The van der Waals surface area contributed by atoms with Crippen LogP contribution in [0.2, 0.25) is 0 Å². The number of carbonyl (C=O) groups excluding carboxylic acids is 2. The monoisotopic (exact) mass is 499 g/mol. The van der Waals surface area contributed by atoms with Crippen LogP contribution in [-0.2, 0) is 4.79 Å². The molecule has 1 aliphatic carbocycles. The molecular weight excluding hydrogens is 474 g/mol. The fourth-order valence-electron chi connectivity index (χ4n) is 5.48. The average molecular weight is 500 g/mol. The number of nitrogens with one attached hydrogen (secondary N) is 1. The molecule has 36 heavy (non-hydrogen) atoms. The van der Waals surface area contributed by atoms with E-state index in [0.717, 1.165) is 48.3 Å². The van der Waals surface area contributed by atoms with E-state index in [4.69, 9.17) is 10.7 Å². The summed E-state index contributed by atoms with van der Waals surface area (Å²) in [7, 11) is 0. The summed E-state index contributed by atoms with van der Waals surface area (Å²) in [5, 5.41) is 3.04. The lowest BCUT2D eigenvalue weighted by Crippen LogP contribution is -2.42. The summed E-state index contributed by atoms with van der Waals surface area (Å²) in [5.41, 5.74) is 8.34. The quantitative estimate of drug-likeness (QED) is 0.399. The molecule has 3 N–H and O–H groups in total. The third-order valence-corrected chi connectivity index (χ3v) is 8.31. The number of imidazole rings is 1. The van der Waals surface area contributed by atoms with Gasteiger partial charge in [0.1, 0.15) is 0 Å². The summed E-state index contributed by atoms with van der Waals surface area (Å²) in [5.74, 6) is 0.510. The van der Waals surface area contributed by atoms with Crippen molar-refractivity contribution in [1.82, 2.24) is 24.4 Å². The Hall–Kier alpha value is -4.05. The molecule has 2 amide bonds. The highest BCUT2D eigenvalue weighted by atomic mass is 32.1. The molecule has 0 atom stereocenters. The van der Waals surface area contributed by atoms with E-state index in [1.54, 1.807) is 18.3 Å². The molecule has 0 bridgehead atoms. The van der Waals surface area contributed by atoms with E-state index in [2.05, 4.69) is 26.4 Å². The minimum absolute atomic E-state index is 0.00340. The Morgan fingerprint density at radius 2 is 2.00 bits per heavy atom. The first kappa shape index (κ1) is 22.4. The zero-order valence-corrected chi connectivity index (χ0v) is 20.4. The molecule has 2 aliphatic rings. The molecule has 10 heteroatoms. The summed E-state index contributed by atoms with van der Waals surface area (Å²) in [6.07, 6.45) is 5.86. The molecule has 3 aromatic heterocycles. The Labute approximate surface area is 211 Å². The number of carbonyl (C=O) groups is 2. The number of nitrogen functional groups attached to an aromatic ring is 1. The molecule has 182 valence electrons. The standard InChI is InChI=1S/C26H25N7O2S/c1-2-22(34)32-12-10-26(15-32)13-16(14-26)33-19-6-4-3-5-17(19)30-25(33)31-23(35)21-8-7-20(36-21)18-9-11-28-24(27)29-18/h2-9,11,16H,1,10,12-15H2,(H2,27,28,29)(H,30,31,35)/t16-,26-. The van der Waals surface area contributed by atoms with Crippen molar-refractivity contribution in [2.24, 2.45) is 5.41 Å². The first-order valence-corrected chi connectivity index (χ1v) is 12.6. The fraction of sp³-hybridized carbons (Fsp3) is 0.269. The van der Waals surface area contributed by atoms with E-state index < -0.39 is 0 Å². The zero-order valence-electron chi connectivity index (χ0n) is 19.6. The van der Waals surface area contributed by atoms with Gasteiger partial charge in [0.2, 0.25) is 17.8 Å². The van der Waals surface area contributed by atoms with Gasteiger partial charge in [-0.2, -0.15) is 0 Å². The SMILES string of the molecule is C=CC(=O)N1CC[C@]2(C1)C[C@H](n1c(NC(=O)c3ccc(-c4ccnc(N)n4)s3)nc3ccccc31)C2.